The summed E-state index contributed by atoms with van der Waals surface area (Å²) in [7, 11) is 1.56. The zero-order valence-electron chi connectivity index (χ0n) is 14.9. The average Bonchev–Trinajstić information content (AvgIpc) is 2.69. The van der Waals surface area contributed by atoms with E-state index in [-0.39, 0.29) is 17.6 Å². The molecule has 0 saturated heterocycles. The Balaban J connectivity index is 1.71. The second kappa shape index (κ2) is 8.51. The van der Waals surface area contributed by atoms with Crippen molar-refractivity contribution in [2.24, 2.45) is 0 Å². The van der Waals surface area contributed by atoms with Crippen molar-refractivity contribution in [2.75, 3.05) is 12.4 Å². The van der Waals surface area contributed by atoms with Gasteiger partial charge in [-0.15, -0.1) is 0 Å². The summed E-state index contributed by atoms with van der Waals surface area (Å²) in [6.45, 7) is 1.92. The van der Waals surface area contributed by atoms with Crippen molar-refractivity contribution in [2.45, 2.75) is 13.0 Å². The Morgan fingerprint density at radius 3 is 2.59 bits per heavy atom. The predicted octanol–water partition coefficient (Wildman–Crippen LogP) is 4.37. The van der Waals surface area contributed by atoms with Gasteiger partial charge in [-0.1, -0.05) is 41.9 Å². The molecule has 7 heteroatoms. The minimum atomic E-state index is -0.274. The number of carbonyl (C=O) groups is 1. The Hall–Kier alpha value is -3.12. The van der Waals surface area contributed by atoms with Gasteiger partial charge in [0.25, 0.3) is 5.91 Å². The van der Waals surface area contributed by atoms with Crippen LogP contribution in [0.2, 0.25) is 5.02 Å². The Bertz CT molecular complexity index is 934. The molecule has 0 bridgehead atoms. The van der Waals surface area contributed by atoms with Gasteiger partial charge in [0.05, 0.1) is 18.2 Å². The molecule has 1 heterocycles. The second-order valence-electron chi connectivity index (χ2n) is 5.87. The number of rotatable bonds is 6. The average molecular weight is 383 g/mol. The molecular formula is C20H19ClN4O2. The van der Waals surface area contributed by atoms with E-state index in [0.717, 1.165) is 11.3 Å². The summed E-state index contributed by atoms with van der Waals surface area (Å²) in [5.41, 5.74) is 2.02. The maximum atomic E-state index is 12.5. The Morgan fingerprint density at radius 2 is 1.89 bits per heavy atom. The van der Waals surface area contributed by atoms with Crippen molar-refractivity contribution in [3.63, 3.8) is 0 Å². The molecule has 2 aromatic carbocycles. The molecule has 2 N–H and O–H groups in total. The third kappa shape index (κ3) is 4.74. The minimum absolute atomic E-state index is 0.134. The van der Waals surface area contributed by atoms with Gasteiger partial charge < -0.3 is 15.4 Å². The molecule has 0 saturated carbocycles. The van der Waals surface area contributed by atoms with Gasteiger partial charge in [0.2, 0.25) is 0 Å². The van der Waals surface area contributed by atoms with E-state index in [1.54, 1.807) is 25.3 Å². The highest BCUT2D eigenvalue weighted by molar-refractivity contribution is 6.32. The summed E-state index contributed by atoms with van der Waals surface area (Å²) < 4.78 is 5.14. The number of aromatic nitrogens is 2. The van der Waals surface area contributed by atoms with Crippen molar-refractivity contribution < 1.29 is 9.53 Å². The lowest BCUT2D eigenvalue weighted by Crippen LogP contribution is -2.27. The van der Waals surface area contributed by atoms with Gasteiger partial charge >= 0.3 is 0 Å². The predicted molar refractivity (Wildman–Crippen MR) is 106 cm³/mol. The maximum absolute atomic E-state index is 12.5. The fourth-order valence-corrected chi connectivity index (χ4v) is 2.80. The van der Waals surface area contributed by atoms with Crippen LogP contribution >= 0.6 is 11.6 Å². The molecule has 0 radical (unpaired) electrons. The summed E-state index contributed by atoms with van der Waals surface area (Å²) >= 11 is 6.13. The molecule has 138 valence electrons. The van der Waals surface area contributed by atoms with Crippen LogP contribution in [0, 0.1) is 0 Å². The highest BCUT2D eigenvalue weighted by Gasteiger charge is 2.13. The molecule has 3 aromatic rings. The fraction of sp³-hybridized carbons (Fsp3) is 0.150. The number of ether oxygens (including phenoxy) is 1. The first kappa shape index (κ1) is 18.7. The molecule has 1 amide bonds. The molecule has 6 nitrogen and oxygen atoms in total. The number of benzene rings is 2. The Labute approximate surface area is 162 Å². The Morgan fingerprint density at radius 1 is 1.11 bits per heavy atom. The van der Waals surface area contributed by atoms with Crippen molar-refractivity contribution in [1.29, 1.82) is 0 Å². The third-order valence-electron chi connectivity index (χ3n) is 3.97. The first-order valence-corrected chi connectivity index (χ1v) is 8.73. The second-order valence-corrected chi connectivity index (χ2v) is 6.28. The summed E-state index contributed by atoms with van der Waals surface area (Å²) in [4.78, 5) is 20.7. The van der Waals surface area contributed by atoms with Crippen LogP contribution in [0.3, 0.4) is 0 Å². The van der Waals surface area contributed by atoms with Gasteiger partial charge in [0.15, 0.2) is 0 Å². The van der Waals surface area contributed by atoms with Crippen LogP contribution in [0.4, 0.5) is 11.5 Å². The number of hydrogen-bond acceptors (Lipinski definition) is 5. The number of hydrogen-bond donors (Lipinski definition) is 2. The lowest BCUT2D eigenvalue weighted by atomic mass is 10.1. The highest BCUT2D eigenvalue weighted by atomic mass is 35.5. The molecule has 1 unspecified atom stereocenters. The number of carbonyl (C=O) groups excluding carboxylic acids is 1. The zero-order valence-corrected chi connectivity index (χ0v) is 15.7. The third-order valence-corrected chi connectivity index (χ3v) is 4.27. The SMILES string of the molecule is COc1ccc(Nc2cc(C(=O)NC(C)c3ccccc3)ncn2)cc1Cl. The molecule has 0 fully saturated rings. The van der Waals surface area contributed by atoms with Crippen LogP contribution in [0.1, 0.15) is 29.0 Å². The zero-order chi connectivity index (χ0) is 19.2. The van der Waals surface area contributed by atoms with E-state index in [4.69, 9.17) is 16.3 Å². The van der Waals surface area contributed by atoms with E-state index in [1.165, 1.54) is 6.33 Å². The van der Waals surface area contributed by atoms with Crippen LogP contribution in [0.15, 0.2) is 60.9 Å². The van der Waals surface area contributed by atoms with E-state index in [1.807, 2.05) is 43.3 Å². The van der Waals surface area contributed by atoms with E-state index in [9.17, 15) is 4.79 Å². The molecule has 1 atom stereocenters. The van der Waals surface area contributed by atoms with Gasteiger partial charge in [-0.05, 0) is 30.7 Å². The van der Waals surface area contributed by atoms with E-state index in [0.29, 0.717) is 16.6 Å². The topological polar surface area (TPSA) is 76.1 Å². The monoisotopic (exact) mass is 382 g/mol. The largest absolute Gasteiger partial charge is 0.495 e. The van der Waals surface area contributed by atoms with Gasteiger partial charge in [-0.3, -0.25) is 4.79 Å². The van der Waals surface area contributed by atoms with E-state index >= 15 is 0 Å². The van der Waals surface area contributed by atoms with Gasteiger partial charge in [-0.25, -0.2) is 9.97 Å². The van der Waals surface area contributed by atoms with Gasteiger partial charge in [-0.2, -0.15) is 0 Å². The smallest absolute Gasteiger partial charge is 0.270 e. The molecular weight excluding hydrogens is 364 g/mol. The van der Waals surface area contributed by atoms with Crippen LogP contribution in [-0.2, 0) is 0 Å². The number of amides is 1. The molecule has 3 rings (SSSR count). The number of methoxy groups -OCH3 is 1. The summed E-state index contributed by atoms with van der Waals surface area (Å²) in [5, 5.41) is 6.52. The molecule has 1 aromatic heterocycles. The first-order chi connectivity index (χ1) is 13.1. The number of nitrogens with one attached hydrogen (secondary N) is 2. The van der Waals surface area contributed by atoms with Crippen LogP contribution in [0.25, 0.3) is 0 Å². The van der Waals surface area contributed by atoms with Crippen molar-refractivity contribution in [3.8, 4) is 5.75 Å². The molecule has 27 heavy (non-hydrogen) atoms. The number of nitrogens with zero attached hydrogens (tertiary/aromatic N) is 2. The summed E-state index contributed by atoms with van der Waals surface area (Å²) in [6, 6.07) is 16.5. The molecule has 0 aliphatic heterocycles. The summed E-state index contributed by atoms with van der Waals surface area (Å²) in [5.74, 6) is 0.799. The van der Waals surface area contributed by atoms with Crippen LogP contribution in [-0.4, -0.2) is 23.0 Å². The molecule has 0 aliphatic rings. The lowest BCUT2D eigenvalue weighted by Gasteiger charge is -2.14. The Kier molecular flexibility index (Phi) is 5.88. The fourth-order valence-electron chi connectivity index (χ4n) is 2.54. The minimum Gasteiger partial charge on any atom is -0.495 e. The van der Waals surface area contributed by atoms with E-state index in [2.05, 4.69) is 20.6 Å². The number of halogens is 1. The maximum Gasteiger partial charge on any atom is 0.270 e. The van der Waals surface area contributed by atoms with Crippen LogP contribution < -0.4 is 15.4 Å². The lowest BCUT2D eigenvalue weighted by molar-refractivity contribution is 0.0934. The first-order valence-electron chi connectivity index (χ1n) is 8.35. The van der Waals surface area contributed by atoms with Crippen molar-refractivity contribution >= 4 is 29.0 Å². The summed E-state index contributed by atoms with van der Waals surface area (Å²) in [6.07, 6.45) is 1.34. The van der Waals surface area contributed by atoms with Gasteiger partial charge in [0.1, 0.15) is 23.6 Å². The quantitative estimate of drug-likeness (QED) is 0.661. The van der Waals surface area contributed by atoms with Crippen molar-refractivity contribution in [3.05, 3.63) is 77.2 Å². The highest BCUT2D eigenvalue weighted by Crippen LogP contribution is 2.28. The molecule has 0 aliphatic carbocycles. The van der Waals surface area contributed by atoms with Gasteiger partial charge in [0, 0.05) is 11.8 Å². The van der Waals surface area contributed by atoms with Crippen LogP contribution in [0.5, 0.6) is 5.75 Å². The normalized spacial score (nSPS) is 11.5. The molecule has 0 spiro atoms. The van der Waals surface area contributed by atoms with Crippen molar-refractivity contribution in [1.82, 2.24) is 15.3 Å². The number of anilines is 2. The van der Waals surface area contributed by atoms with E-state index < -0.39 is 0 Å². The standard InChI is InChI=1S/C20H19ClN4O2/c1-13(14-6-4-3-5-7-14)24-20(26)17-11-19(23-12-22-17)25-15-8-9-18(27-2)16(21)10-15/h3-13H,1-2H3,(H,24,26)(H,22,23,25).